The molecule has 0 aromatic heterocycles. The van der Waals surface area contributed by atoms with Gasteiger partial charge in [0.2, 0.25) is 11.8 Å². The zero-order chi connectivity index (χ0) is 15.0. The number of amides is 2. The average Bonchev–Trinajstić information content (AvgIpc) is 3.27. The highest BCUT2D eigenvalue weighted by Crippen LogP contribution is 2.42. The van der Waals surface area contributed by atoms with Crippen molar-refractivity contribution in [3.05, 3.63) is 0 Å². The first kappa shape index (κ1) is 14.8. The molecule has 118 valence electrons. The summed E-state index contributed by atoms with van der Waals surface area (Å²) in [5, 5.41) is 0. The van der Waals surface area contributed by atoms with E-state index in [1.807, 2.05) is 9.80 Å². The van der Waals surface area contributed by atoms with E-state index in [9.17, 15) is 9.59 Å². The Balaban J connectivity index is 1.51. The number of piperazine rings is 1. The summed E-state index contributed by atoms with van der Waals surface area (Å²) in [6, 6.07) is 0. The van der Waals surface area contributed by atoms with Crippen LogP contribution in [0, 0.1) is 17.8 Å². The lowest BCUT2D eigenvalue weighted by Crippen LogP contribution is -2.48. The van der Waals surface area contributed by atoms with Crippen LogP contribution in [0.25, 0.3) is 0 Å². The highest BCUT2D eigenvalue weighted by Gasteiger charge is 2.51. The van der Waals surface area contributed by atoms with Crippen LogP contribution in [-0.4, -0.2) is 72.8 Å². The second kappa shape index (κ2) is 5.95. The Bertz CT molecular complexity index is 418. The van der Waals surface area contributed by atoms with Gasteiger partial charge in [-0.3, -0.25) is 9.59 Å². The molecule has 3 rings (SSSR count). The predicted octanol–water partition coefficient (Wildman–Crippen LogP) is 0.655. The topological polar surface area (TPSA) is 43.9 Å². The molecule has 3 fully saturated rings. The van der Waals surface area contributed by atoms with Crippen molar-refractivity contribution in [1.82, 2.24) is 14.7 Å². The summed E-state index contributed by atoms with van der Waals surface area (Å²) < 4.78 is 0. The Morgan fingerprint density at radius 3 is 2.14 bits per heavy atom. The number of likely N-dealkylation sites (N-methyl/N-ethyl adjacent to an activating group) is 1. The fourth-order valence-corrected chi connectivity index (χ4v) is 3.63. The molecule has 2 saturated heterocycles. The summed E-state index contributed by atoms with van der Waals surface area (Å²) in [7, 11) is 2.09. The van der Waals surface area contributed by atoms with Crippen molar-refractivity contribution >= 4 is 11.8 Å². The number of hydrogen-bond acceptors (Lipinski definition) is 3. The third-order valence-corrected chi connectivity index (χ3v) is 5.21. The summed E-state index contributed by atoms with van der Waals surface area (Å²) in [5.41, 5.74) is 0. The van der Waals surface area contributed by atoms with Gasteiger partial charge < -0.3 is 14.7 Å². The second-order valence-electron chi connectivity index (χ2n) is 7.11. The number of nitrogens with zero attached hydrogens (tertiary/aromatic N) is 3. The monoisotopic (exact) mass is 293 g/mol. The van der Waals surface area contributed by atoms with Crippen LogP contribution in [0.2, 0.25) is 0 Å². The molecule has 0 aromatic rings. The highest BCUT2D eigenvalue weighted by molar-refractivity contribution is 5.92. The summed E-state index contributed by atoms with van der Waals surface area (Å²) >= 11 is 0. The first-order valence-electron chi connectivity index (χ1n) is 8.32. The summed E-state index contributed by atoms with van der Waals surface area (Å²) in [6.45, 7) is 7.49. The van der Waals surface area contributed by atoms with Gasteiger partial charge in [0, 0.05) is 39.3 Å². The first-order chi connectivity index (χ1) is 10.1. The molecule has 0 spiro atoms. The van der Waals surface area contributed by atoms with Crippen molar-refractivity contribution in [3.8, 4) is 0 Å². The van der Waals surface area contributed by atoms with E-state index in [1.54, 1.807) is 0 Å². The van der Waals surface area contributed by atoms with Crippen molar-refractivity contribution in [2.75, 3.05) is 46.3 Å². The summed E-state index contributed by atoms with van der Waals surface area (Å²) in [5.74, 6) is 0.995. The Morgan fingerprint density at radius 1 is 0.905 bits per heavy atom. The van der Waals surface area contributed by atoms with Gasteiger partial charge in [-0.25, -0.2) is 0 Å². The minimum atomic E-state index is -0.0295. The van der Waals surface area contributed by atoms with E-state index in [-0.39, 0.29) is 23.7 Å². The quantitative estimate of drug-likeness (QED) is 0.751. The molecule has 0 aromatic carbocycles. The van der Waals surface area contributed by atoms with E-state index in [2.05, 4.69) is 18.9 Å². The van der Waals surface area contributed by atoms with Crippen molar-refractivity contribution in [3.63, 3.8) is 0 Å². The van der Waals surface area contributed by atoms with E-state index in [1.165, 1.54) is 6.42 Å². The lowest BCUT2D eigenvalue weighted by Gasteiger charge is -2.33. The van der Waals surface area contributed by atoms with Crippen LogP contribution in [0.3, 0.4) is 0 Å². The minimum absolute atomic E-state index is 0.0255. The summed E-state index contributed by atoms with van der Waals surface area (Å²) in [6.07, 6.45) is 3.10. The molecule has 2 aliphatic heterocycles. The largest absolute Gasteiger partial charge is 0.342 e. The predicted molar refractivity (Wildman–Crippen MR) is 80.7 cm³/mol. The zero-order valence-electron chi connectivity index (χ0n) is 13.3. The molecule has 3 unspecified atom stereocenters. The van der Waals surface area contributed by atoms with Crippen molar-refractivity contribution in [2.45, 2.75) is 26.2 Å². The number of carbonyl (C=O) groups is 2. The Labute approximate surface area is 127 Å². The fraction of sp³-hybridized carbons (Fsp3) is 0.875. The molecular formula is C16H27N3O2. The highest BCUT2D eigenvalue weighted by atomic mass is 16.2. The van der Waals surface area contributed by atoms with Gasteiger partial charge in [-0.1, -0.05) is 6.92 Å². The van der Waals surface area contributed by atoms with E-state index in [0.29, 0.717) is 5.92 Å². The molecule has 5 heteroatoms. The number of likely N-dealkylation sites (tertiary alicyclic amines) is 1. The molecule has 3 aliphatic rings. The maximum atomic E-state index is 12.5. The molecular weight excluding hydrogens is 266 g/mol. The van der Waals surface area contributed by atoms with Crippen LogP contribution >= 0.6 is 0 Å². The van der Waals surface area contributed by atoms with Gasteiger partial charge in [-0.15, -0.1) is 0 Å². The smallest absolute Gasteiger partial charge is 0.226 e. The van der Waals surface area contributed by atoms with Crippen LogP contribution in [0.1, 0.15) is 26.2 Å². The molecule has 1 aliphatic carbocycles. The van der Waals surface area contributed by atoms with Crippen molar-refractivity contribution in [1.29, 1.82) is 0 Å². The average molecular weight is 293 g/mol. The first-order valence-corrected chi connectivity index (χ1v) is 8.32. The number of carbonyl (C=O) groups excluding carboxylic acids is 2. The Hall–Kier alpha value is -1.10. The molecule has 2 amide bonds. The standard InChI is InChI=1S/C16H27N3O2/c1-12-4-3-5-19(11-12)16(21)14-10-13(14)15(20)18-8-6-17(2)7-9-18/h12-14H,3-11H2,1-2H3. The van der Waals surface area contributed by atoms with Crippen LogP contribution in [0.15, 0.2) is 0 Å². The molecule has 21 heavy (non-hydrogen) atoms. The van der Waals surface area contributed by atoms with Gasteiger partial charge in [-0.2, -0.15) is 0 Å². The molecule has 5 nitrogen and oxygen atoms in total. The molecule has 0 N–H and O–H groups in total. The molecule has 3 atom stereocenters. The Morgan fingerprint density at radius 2 is 1.52 bits per heavy atom. The zero-order valence-corrected chi connectivity index (χ0v) is 13.3. The van der Waals surface area contributed by atoms with Crippen LogP contribution in [-0.2, 0) is 9.59 Å². The second-order valence-corrected chi connectivity index (χ2v) is 7.11. The molecule has 2 heterocycles. The van der Waals surface area contributed by atoms with E-state index >= 15 is 0 Å². The van der Waals surface area contributed by atoms with Crippen LogP contribution in [0.5, 0.6) is 0 Å². The SMILES string of the molecule is CC1CCCN(C(=O)C2CC2C(=O)N2CCN(C)CC2)C1. The van der Waals surface area contributed by atoms with Crippen LogP contribution < -0.4 is 0 Å². The Kier molecular flexibility index (Phi) is 4.20. The van der Waals surface area contributed by atoms with Gasteiger partial charge in [0.15, 0.2) is 0 Å². The summed E-state index contributed by atoms with van der Waals surface area (Å²) in [4.78, 5) is 31.2. The normalized spacial score (nSPS) is 33.9. The van der Waals surface area contributed by atoms with Crippen molar-refractivity contribution in [2.24, 2.45) is 17.8 Å². The lowest BCUT2D eigenvalue weighted by molar-refractivity contribution is -0.139. The number of rotatable bonds is 2. The van der Waals surface area contributed by atoms with E-state index < -0.39 is 0 Å². The number of piperidine rings is 1. The van der Waals surface area contributed by atoms with Gasteiger partial charge in [0.05, 0.1) is 11.8 Å². The maximum absolute atomic E-state index is 12.5. The maximum Gasteiger partial charge on any atom is 0.226 e. The van der Waals surface area contributed by atoms with Crippen LogP contribution in [0.4, 0.5) is 0 Å². The fourth-order valence-electron chi connectivity index (χ4n) is 3.63. The van der Waals surface area contributed by atoms with Crippen molar-refractivity contribution < 1.29 is 9.59 Å². The minimum Gasteiger partial charge on any atom is -0.342 e. The lowest BCUT2D eigenvalue weighted by atomic mass is 10.00. The van der Waals surface area contributed by atoms with Gasteiger partial charge in [-0.05, 0) is 32.2 Å². The van der Waals surface area contributed by atoms with Gasteiger partial charge in [0.25, 0.3) is 0 Å². The third-order valence-electron chi connectivity index (χ3n) is 5.21. The number of hydrogen-bond donors (Lipinski definition) is 0. The molecule has 0 bridgehead atoms. The third kappa shape index (κ3) is 3.23. The van der Waals surface area contributed by atoms with E-state index in [4.69, 9.17) is 0 Å². The molecule has 1 saturated carbocycles. The molecule has 0 radical (unpaired) electrons. The van der Waals surface area contributed by atoms with Gasteiger partial charge >= 0.3 is 0 Å². The van der Waals surface area contributed by atoms with Gasteiger partial charge in [0.1, 0.15) is 0 Å². The van der Waals surface area contributed by atoms with E-state index in [0.717, 1.165) is 52.1 Å².